The number of aromatic nitrogens is 4. The summed E-state index contributed by atoms with van der Waals surface area (Å²) >= 11 is 0. The molecule has 0 radical (unpaired) electrons. The standard InChI is InChI=1S/C18H27N5O/c1-13-10-19-12-22(13)15-6-8-21(9-7-15)17(24)16-11-20-23(14(16)2)18(3,4)5/h10-12,15H,6-9H2,1-5H3. The molecular formula is C18H27N5O. The highest BCUT2D eigenvalue weighted by Gasteiger charge is 2.28. The molecule has 1 fully saturated rings. The molecule has 0 unspecified atom stereocenters. The molecule has 6 heteroatoms. The fourth-order valence-corrected chi connectivity index (χ4v) is 3.57. The highest BCUT2D eigenvalue weighted by Crippen LogP contribution is 2.26. The van der Waals surface area contributed by atoms with Gasteiger partial charge in [0.2, 0.25) is 0 Å². The van der Waals surface area contributed by atoms with Gasteiger partial charge in [0, 0.05) is 36.7 Å². The van der Waals surface area contributed by atoms with Crippen molar-refractivity contribution in [3.63, 3.8) is 0 Å². The summed E-state index contributed by atoms with van der Waals surface area (Å²) in [5.41, 5.74) is 2.73. The van der Waals surface area contributed by atoms with Crippen LogP contribution in [-0.2, 0) is 5.54 Å². The Kier molecular flexibility index (Phi) is 4.24. The minimum absolute atomic E-state index is 0.101. The monoisotopic (exact) mass is 329 g/mol. The number of carbonyl (C=O) groups is 1. The van der Waals surface area contributed by atoms with Gasteiger partial charge in [-0.05, 0) is 47.5 Å². The maximum atomic E-state index is 12.9. The molecule has 3 heterocycles. The van der Waals surface area contributed by atoms with Crippen molar-refractivity contribution >= 4 is 5.91 Å². The van der Waals surface area contributed by atoms with E-state index in [9.17, 15) is 4.79 Å². The van der Waals surface area contributed by atoms with Crippen molar-refractivity contribution in [3.05, 3.63) is 35.7 Å². The highest BCUT2D eigenvalue weighted by atomic mass is 16.2. The number of imidazole rings is 1. The second kappa shape index (κ2) is 6.07. The average Bonchev–Trinajstić information content (AvgIpc) is 3.12. The first-order chi connectivity index (χ1) is 11.3. The Hall–Kier alpha value is -2.11. The lowest BCUT2D eigenvalue weighted by Crippen LogP contribution is -2.39. The molecule has 0 N–H and O–H groups in total. The number of piperidine rings is 1. The minimum atomic E-state index is -0.117. The number of carbonyl (C=O) groups excluding carboxylic acids is 1. The normalized spacial score (nSPS) is 16.6. The van der Waals surface area contributed by atoms with E-state index in [1.807, 2.05) is 29.0 Å². The first-order valence-electron chi connectivity index (χ1n) is 8.62. The molecule has 1 amide bonds. The molecule has 3 rings (SSSR count). The third-order valence-corrected chi connectivity index (χ3v) is 4.88. The molecular weight excluding hydrogens is 302 g/mol. The van der Waals surface area contributed by atoms with Gasteiger partial charge in [0.25, 0.3) is 5.91 Å². The molecule has 2 aromatic heterocycles. The Morgan fingerprint density at radius 3 is 2.33 bits per heavy atom. The fraction of sp³-hybridized carbons (Fsp3) is 0.611. The molecule has 6 nitrogen and oxygen atoms in total. The molecule has 0 spiro atoms. The second-order valence-electron chi connectivity index (χ2n) is 7.69. The van der Waals surface area contributed by atoms with Crippen LogP contribution in [0.2, 0.25) is 0 Å². The van der Waals surface area contributed by atoms with Gasteiger partial charge >= 0.3 is 0 Å². The smallest absolute Gasteiger partial charge is 0.257 e. The predicted molar refractivity (Wildman–Crippen MR) is 93.1 cm³/mol. The van der Waals surface area contributed by atoms with Crippen molar-refractivity contribution in [1.82, 2.24) is 24.2 Å². The lowest BCUT2D eigenvalue weighted by atomic mass is 10.0. The van der Waals surface area contributed by atoms with E-state index in [1.165, 1.54) is 5.69 Å². The van der Waals surface area contributed by atoms with Crippen LogP contribution in [0.3, 0.4) is 0 Å². The maximum absolute atomic E-state index is 12.9. The summed E-state index contributed by atoms with van der Waals surface area (Å²) in [6.07, 6.45) is 7.44. The van der Waals surface area contributed by atoms with Gasteiger partial charge in [-0.25, -0.2) is 4.98 Å². The molecule has 0 bridgehead atoms. The van der Waals surface area contributed by atoms with Crippen molar-refractivity contribution in [2.24, 2.45) is 0 Å². The van der Waals surface area contributed by atoms with E-state index in [-0.39, 0.29) is 11.4 Å². The van der Waals surface area contributed by atoms with Crippen LogP contribution < -0.4 is 0 Å². The molecule has 1 saturated heterocycles. The van der Waals surface area contributed by atoms with E-state index in [1.54, 1.807) is 6.20 Å². The maximum Gasteiger partial charge on any atom is 0.257 e. The van der Waals surface area contributed by atoms with Gasteiger partial charge < -0.3 is 9.47 Å². The van der Waals surface area contributed by atoms with Gasteiger partial charge in [-0.15, -0.1) is 0 Å². The summed E-state index contributed by atoms with van der Waals surface area (Å²) in [4.78, 5) is 19.0. The van der Waals surface area contributed by atoms with Crippen LogP contribution in [0.25, 0.3) is 0 Å². The van der Waals surface area contributed by atoms with Crippen LogP contribution in [0, 0.1) is 13.8 Å². The van der Waals surface area contributed by atoms with Crippen LogP contribution in [0.4, 0.5) is 0 Å². The molecule has 0 atom stereocenters. The quantitative estimate of drug-likeness (QED) is 0.851. The Balaban J connectivity index is 1.70. The zero-order valence-electron chi connectivity index (χ0n) is 15.3. The third kappa shape index (κ3) is 2.97. The van der Waals surface area contributed by atoms with Gasteiger partial charge in [0.15, 0.2) is 0 Å². The Morgan fingerprint density at radius 2 is 1.83 bits per heavy atom. The van der Waals surface area contributed by atoms with E-state index in [2.05, 4.69) is 42.3 Å². The summed E-state index contributed by atoms with van der Waals surface area (Å²) in [5, 5.41) is 4.43. The number of hydrogen-bond acceptors (Lipinski definition) is 3. The van der Waals surface area contributed by atoms with Gasteiger partial charge in [0.05, 0.1) is 23.6 Å². The van der Waals surface area contributed by atoms with Gasteiger partial charge in [-0.1, -0.05) is 0 Å². The van der Waals surface area contributed by atoms with Crippen LogP contribution in [0.5, 0.6) is 0 Å². The van der Waals surface area contributed by atoms with Crippen molar-refractivity contribution in [3.8, 4) is 0 Å². The summed E-state index contributed by atoms with van der Waals surface area (Å²) in [5.74, 6) is 0.101. The van der Waals surface area contributed by atoms with Crippen LogP contribution in [-0.4, -0.2) is 43.2 Å². The van der Waals surface area contributed by atoms with Gasteiger partial charge in [0.1, 0.15) is 0 Å². The lowest BCUT2D eigenvalue weighted by Gasteiger charge is -2.33. The van der Waals surface area contributed by atoms with E-state index in [0.29, 0.717) is 6.04 Å². The Bertz CT molecular complexity index is 729. The first kappa shape index (κ1) is 16.7. The van der Waals surface area contributed by atoms with Crippen molar-refractivity contribution in [2.45, 2.75) is 59.0 Å². The number of aryl methyl sites for hydroxylation is 1. The zero-order chi connectivity index (χ0) is 17.5. The topological polar surface area (TPSA) is 56.0 Å². The van der Waals surface area contributed by atoms with E-state index < -0.39 is 0 Å². The molecule has 130 valence electrons. The number of rotatable bonds is 2. The van der Waals surface area contributed by atoms with E-state index in [4.69, 9.17) is 0 Å². The SMILES string of the molecule is Cc1cncn1C1CCN(C(=O)c2cnn(C(C)(C)C)c2C)CC1. The Morgan fingerprint density at radius 1 is 1.17 bits per heavy atom. The first-order valence-corrected chi connectivity index (χ1v) is 8.62. The van der Waals surface area contributed by atoms with Crippen molar-refractivity contribution < 1.29 is 4.79 Å². The summed E-state index contributed by atoms with van der Waals surface area (Å²) in [6, 6.07) is 0.440. The zero-order valence-corrected chi connectivity index (χ0v) is 15.3. The highest BCUT2D eigenvalue weighted by molar-refractivity contribution is 5.95. The molecule has 24 heavy (non-hydrogen) atoms. The van der Waals surface area contributed by atoms with Gasteiger partial charge in [-0.3, -0.25) is 9.48 Å². The van der Waals surface area contributed by atoms with Crippen LogP contribution >= 0.6 is 0 Å². The summed E-state index contributed by atoms with van der Waals surface area (Å²) in [6.45, 7) is 11.9. The minimum Gasteiger partial charge on any atom is -0.338 e. The Labute approximate surface area is 143 Å². The van der Waals surface area contributed by atoms with Crippen LogP contribution in [0.15, 0.2) is 18.7 Å². The number of amides is 1. The fourth-order valence-electron chi connectivity index (χ4n) is 3.57. The number of likely N-dealkylation sites (tertiary alicyclic amines) is 1. The predicted octanol–water partition coefficient (Wildman–Crippen LogP) is 2.93. The molecule has 0 saturated carbocycles. The third-order valence-electron chi connectivity index (χ3n) is 4.88. The molecule has 0 aromatic carbocycles. The number of nitrogens with zero attached hydrogens (tertiary/aromatic N) is 5. The summed E-state index contributed by atoms with van der Waals surface area (Å²) in [7, 11) is 0. The molecule has 0 aliphatic carbocycles. The van der Waals surface area contributed by atoms with Crippen molar-refractivity contribution in [2.75, 3.05) is 13.1 Å². The summed E-state index contributed by atoms with van der Waals surface area (Å²) < 4.78 is 4.16. The molecule has 2 aromatic rings. The largest absolute Gasteiger partial charge is 0.338 e. The average molecular weight is 329 g/mol. The molecule has 1 aliphatic heterocycles. The van der Waals surface area contributed by atoms with Crippen LogP contribution in [0.1, 0.15) is 61.4 Å². The number of hydrogen-bond donors (Lipinski definition) is 0. The van der Waals surface area contributed by atoms with E-state index >= 15 is 0 Å². The lowest BCUT2D eigenvalue weighted by molar-refractivity contribution is 0.0693. The second-order valence-corrected chi connectivity index (χ2v) is 7.69. The van der Waals surface area contributed by atoms with Gasteiger partial charge in [-0.2, -0.15) is 5.10 Å². The van der Waals surface area contributed by atoms with E-state index in [0.717, 1.165) is 37.2 Å². The van der Waals surface area contributed by atoms with Crippen molar-refractivity contribution in [1.29, 1.82) is 0 Å². The molecule has 1 aliphatic rings.